The van der Waals surface area contributed by atoms with E-state index >= 15 is 0 Å². The Hall–Kier alpha value is -2.17. The molecule has 0 amide bonds. The lowest BCUT2D eigenvalue weighted by Crippen LogP contribution is -2.26. The summed E-state index contributed by atoms with van der Waals surface area (Å²) in [7, 11) is 0. The molecule has 1 aliphatic rings. The molecule has 0 radical (unpaired) electrons. The molecule has 4 N–H and O–H groups in total. The average Bonchev–Trinajstić information content (AvgIpc) is 2.67. The van der Waals surface area contributed by atoms with E-state index in [2.05, 4.69) is 29.6 Å². The van der Waals surface area contributed by atoms with E-state index in [1.807, 2.05) is 24.3 Å². The largest absolute Gasteiger partial charge is 0.481 e. The predicted octanol–water partition coefficient (Wildman–Crippen LogP) is 3.22. The second-order valence-electron chi connectivity index (χ2n) is 6.80. The molecule has 4 heteroatoms. The number of benzene rings is 2. The van der Waals surface area contributed by atoms with Gasteiger partial charge < -0.3 is 16.2 Å². The molecular weight excluding hydrogens is 312 g/mol. The number of carboxylic acid groups (broad SMARTS) is 1. The maximum Gasteiger partial charge on any atom is 0.303 e. The van der Waals surface area contributed by atoms with Crippen LogP contribution in [0.2, 0.25) is 0 Å². The van der Waals surface area contributed by atoms with Gasteiger partial charge in [0.2, 0.25) is 0 Å². The van der Waals surface area contributed by atoms with Crippen LogP contribution in [0.1, 0.15) is 53.5 Å². The van der Waals surface area contributed by atoms with E-state index in [0.717, 1.165) is 29.8 Å². The molecule has 0 aromatic heterocycles. The molecule has 2 aromatic carbocycles. The number of carbonyl (C=O) groups is 1. The average molecular weight is 338 g/mol. The van der Waals surface area contributed by atoms with Crippen LogP contribution in [0, 0.1) is 0 Å². The Bertz CT molecular complexity index is 689. The molecule has 1 aliphatic heterocycles. The molecule has 1 saturated heterocycles. The fourth-order valence-electron chi connectivity index (χ4n) is 3.47. The van der Waals surface area contributed by atoms with E-state index in [-0.39, 0.29) is 12.5 Å². The smallest absolute Gasteiger partial charge is 0.303 e. The molecule has 0 bridgehead atoms. The number of piperidine rings is 1. The lowest BCUT2D eigenvalue weighted by molar-refractivity contribution is -0.136. The molecule has 1 atom stereocenters. The predicted molar refractivity (Wildman–Crippen MR) is 99.7 cm³/mol. The zero-order valence-electron chi connectivity index (χ0n) is 14.4. The molecule has 3 rings (SSSR count). The van der Waals surface area contributed by atoms with Gasteiger partial charge in [-0.3, -0.25) is 4.79 Å². The highest BCUT2D eigenvalue weighted by Gasteiger charge is 2.16. The van der Waals surface area contributed by atoms with E-state index in [1.165, 1.54) is 18.4 Å². The second-order valence-corrected chi connectivity index (χ2v) is 6.80. The number of hydrogen-bond acceptors (Lipinski definition) is 3. The highest BCUT2D eigenvalue weighted by molar-refractivity contribution is 5.67. The summed E-state index contributed by atoms with van der Waals surface area (Å²) < 4.78 is 0. The van der Waals surface area contributed by atoms with E-state index in [1.54, 1.807) is 0 Å². The first-order valence-corrected chi connectivity index (χ1v) is 9.00. The topological polar surface area (TPSA) is 75.4 Å². The van der Waals surface area contributed by atoms with Crippen molar-refractivity contribution in [3.63, 3.8) is 0 Å². The molecule has 1 heterocycles. The van der Waals surface area contributed by atoms with Crippen molar-refractivity contribution in [2.75, 3.05) is 13.1 Å². The summed E-state index contributed by atoms with van der Waals surface area (Å²) in [6.45, 7) is 2.19. The Balaban J connectivity index is 1.65. The zero-order chi connectivity index (χ0) is 17.6. The maximum atomic E-state index is 10.7. The van der Waals surface area contributed by atoms with Gasteiger partial charge in [0.1, 0.15) is 0 Å². The molecule has 2 aromatic rings. The minimum absolute atomic E-state index is 0.156. The van der Waals surface area contributed by atoms with Gasteiger partial charge in [-0.05, 0) is 60.5 Å². The van der Waals surface area contributed by atoms with Gasteiger partial charge in [0.05, 0.1) is 6.04 Å². The Morgan fingerprint density at radius 2 is 1.60 bits per heavy atom. The SMILES string of the molecule is NC(c1ccc(CCC(=O)O)cc1)c1ccc(C2CCNCC2)cc1. The summed E-state index contributed by atoms with van der Waals surface area (Å²) in [5, 5.41) is 12.2. The maximum absolute atomic E-state index is 10.7. The number of aryl methyl sites for hydroxylation is 1. The standard InChI is InChI=1S/C21H26N2O2/c22-21(18-4-1-15(2-5-18)3-10-20(24)25)19-8-6-16(7-9-19)17-11-13-23-14-12-17/h1-2,4-9,17,21,23H,3,10-14,22H2,(H,24,25). The van der Waals surface area contributed by atoms with Crippen molar-refractivity contribution in [1.82, 2.24) is 5.32 Å². The normalized spacial score (nSPS) is 16.5. The molecular formula is C21H26N2O2. The first-order chi connectivity index (χ1) is 12.1. The highest BCUT2D eigenvalue weighted by Crippen LogP contribution is 2.27. The summed E-state index contributed by atoms with van der Waals surface area (Å²) in [5.41, 5.74) is 11.0. The Morgan fingerprint density at radius 1 is 1.04 bits per heavy atom. The van der Waals surface area contributed by atoms with Crippen LogP contribution in [0.4, 0.5) is 0 Å². The van der Waals surface area contributed by atoms with Crippen LogP contribution in [0.5, 0.6) is 0 Å². The first kappa shape index (κ1) is 17.6. The molecule has 25 heavy (non-hydrogen) atoms. The molecule has 132 valence electrons. The summed E-state index contributed by atoms with van der Waals surface area (Å²) >= 11 is 0. The third-order valence-corrected chi connectivity index (χ3v) is 5.07. The zero-order valence-corrected chi connectivity index (χ0v) is 14.4. The van der Waals surface area contributed by atoms with Gasteiger partial charge in [-0.2, -0.15) is 0 Å². The van der Waals surface area contributed by atoms with Gasteiger partial charge in [-0.1, -0.05) is 48.5 Å². The van der Waals surface area contributed by atoms with Crippen LogP contribution < -0.4 is 11.1 Å². The van der Waals surface area contributed by atoms with Crippen LogP contribution >= 0.6 is 0 Å². The van der Waals surface area contributed by atoms with Crippen molar-refractivity contribution in [2.45, 2.75) is 37.6 Å². The van der Waals surface area contributed by atoms with Crippen LogP contribution in [0.25, 0.3) is 0 Å². The van der Waals surface area contributed by atoms with Crippen LogP contribution in [-0.2, 0) is 11.2 Å². The third kappa shape index (κ3) is 4.68. The van der Waals surface area contributed by atoms with E-state index < -0.39 is 5.97 Å². The van der Waals surface area contributed by atoms with Gasteiger partial charge in [0, 0.05) is 6.42 Å². The summed E-state index contributed by atoms with van der Waals surface area (Å²) in [6, 6.07) is 16.5. The number of nitrogens with two attached hydrogens (primary N) is 1. The lowest BCUT2D eigenvalue weighted by Gasteiger charge is -2.23. The minimum Gasteiger partial charge on any atom is -0.481 e. The number of rotatable bonds is 6. The molecule has 0 spiro atoms. The Labute approximate surface area is 149 Å². The minimum atomic E-state index is -0.769. The monoisotopic (exact) mass is 338 g/mol. The van der Waals surface area contributed by atoms with Crippen LogP contribution in [-0.4, -0.2) is 24.2 Å². The fourth-order valence-corrected chi connectivity index (χ4v) is 3.47. The summed E-state index contributed by atoms with van der Waals surface area (Å²) in [6.07, 6.45) is 3.10. The van der Waals surface area contributed by atoms with E-state index in [4.69, 9.17) is 10.8 Å². The van der Waals surface area contributed by atoms with Crippen molar-refractivity contribution < 1.29 is 9.90 Å². The molecule has 0 aliphatic carbocycles. The molecule has 0 saturated carbocycles. The van der Waals surface area contributed by atoms with Crippen molar-refractivity contribution >= 4 is 5.97 Å². The van der Waals surface area contributed by atoms with Gasteiger partial charge in [0.25, 0.3) is 0 Å². The van der Waals surface area contributed by atoms with Crippen LogP contribution in [0.15, 0.2) is 48.5 Å². The number of nitrogens with one attached hydrogen (secondary N) is 1. The molecule has 1 unspecified atom stereocenters. The first-order valence-electron chi connectivity index (χ1n) is 9.00. The molecule has 4 nitrogen and oxygen atoms in total. The van der Waals surface area contributed by atoms with Gasteiger partial charge >= 0.3 is 5.97 Å². The van der Waals surface area contributed by atoms with E-state index in [9.17, 15) is 4.79 Å². The van der Waals surface area contributed by atoms with Crippen molar-refractivity contribution in [1.29, 1.82) is 0 Å². The number of carboxylic acids is 1. The lowest BCUT2D eigenvalue weighted by atomic mass is 9.88. The van der Waals surface area contributed by atoms with E-state index in [0.29, 0.717) is 12.3 Å². The quantitative estimate of drug-likeness (QED) is 0.756. The van der Waals surface area contributed by atoms with Gasteiger partial charge in [0.15, 0.2) is 0 Å². The number of aliphatic carboxylic acids is 1. The van der Waals surface area contributed by atoms with Crippen LogP contribution in [0.3, 0.4) is 0 Å². The Kier molecular flexibility index (Phi) is 5.84. The fraction of sp³-hybridized carbons (Fsp3) is 0.381. The highest BCUT2D eigenvalue weighted by atomic mass is 16.4. The number of hydrogen-bond donors (Lipinski definition) is 3. The molecule has 1 fully saturated rings. The van der Waals surface area contributed by atoms with Crippen molar-refractivity contribution in [3.8, 4) is 0 Å². The third-order valence-electron chi connectivity index (χ3n) is 5.07. The van der Waals surface area contributed by atoms with Gasteiger partial charge in [-0.25, -0.2) is 0 Å². The summed E-state index contributed by atoms with van der Waals surface area (Å²) in [4.78, 5) is 10.7. The Morgan fingerprint density at radius 3 is 2.16 bits per heavy atom. The van der Waals surface area contributed by atoms with Gasteiger partial charge in [-0.15, -0.1) is 0 Å². The second kappa shape index (κ2) is 8.28. The summed E-state index contributed by atoms with van der Waals surface area (Å²) in [5.74, 6) is -0.116. The van der Waals surface area contributed by atoms with Crippen molar-refractivity contribution in [2.24, 2.45) is 5.73 Å². The van der Waals surface area contributed by atoms with Crippen molar-refractivity contribution in [3.05, 3.63) is 70.8 Å².